The average Bonchev–Trinajstić information content (AvgIpc) is 3.57. The molecule has 6 nitrogen and oxygen atoms in total. The second-order valence-electron chi connectivity index (χ2n) is 8.61. The van der Waals surface area contributed by atoms with Gasteiger partial charge in [-0.2, -0.15) is 0 Å². The number of likely N-dealkylation sites (tertiary alicyclic amines) is 1. The van der Waals surface area contributed by atoms with Crippen molar-refractivity contribution in [1.29, 1.82) is 0 Å². The first-order chi connectivity index (χ1) is 15.5. The van der Waals surface area contributed by atoms with Gasteiger partial charge in [0.05, 0.1) is 10.6 Å². The van der Waals surface area contributed by atoms with E-state index in [1.54, 1.807) is 36.8 Å². The van der Waals surface area contributed by atoms with Gasteiger partial charge in [0.2, 0.25) is 0 Å². The summed E-state index contributed by atoms with van der Waals surface area (Å²) in [5, 5.41) is 3.91. The molecular formula is C24H23ClFN5O. The first kappa shape index (κ1) is 20.8. The van der Waals surface area contributed by atoms with Crippen molar-refractivity contribution in [2.75, 3.05) is 18.4 Å². The Hall–Kier alpha value is -3.06. The van der Waals surface area contributed by atoms with E-state index in [-0.39, 0.29) is 17.5 Å². The van der Waals surface area contributed by atoms with Gasteiger partial charge in [-0.25, -0.2) is 19.3 Å². The van der Waals surface area contributed by atoms with Crippen LogP contribution in [0.5, 0.6) is 0 Å². The van der Waals surface area contributed by atoms with Crippen LogP contribution in [0.25, 0.3) is 11.4 Å². The van der Waals surface area contributed by atoms with Crippen molar-refractivity contribution in [3.8, 4) is 11.4 Å². The summed E-state index contributed by atoms with van der Waals surface area (Å²) < 4.78 is 14.2. The summed E-state index contributed by atoms with van der Waals surface area (Å²) in [5.41, 5.74) is 1.16. The summed E-state index contributed by atoms with van der Waals surface area (Å²) in [5.74, 6) is 0.468. The monoisotopic (exact) mass is 451 g/mol. The molecule has 3 aromatic rings. The Morgan fingerprint density at radius 3 is 2.69 bits per heavy atom. The fourth-order valence-electron chi connectivity index (χ4n) is 4.52. The number of amides is 1. The average molecular weight is 452 g/mol. The number of piperidine rings is 1. The molecule has 1 aliphatic carbocycles. The topological polar surface area (TPSA) is 71.0 Å². The van der Waals surface area contributed by atoms with Crippen LogP contribution in [0.4, 0.5) is 10.2 Å². The number of pyridine rings is 1. The molecule has 1 atom stereocenters. The fourth-order valence-corrected chi connectivity index (χ4v) is 4.63. The number of aromatic nitrogens is 3. The van der Waals surface area contributed by atoms with Crippen molar-refractivity contribution >= 4 is 23.3 Å². The molecule has 32 heavy (non-hydrogen) atoms. The Kier molecular flexibility index (Phi) is 5.51. The summed E-state index contributed by atoms with van der Waals surface area (Å²) in [7, 11) is 0. The van der Waals surface area contributed by atoms with Gasteiger partial charge in [0, 0.05) is 43.3 Å². The molecule has 2 aromatic heterocycles. The molecule has 2 fully saturated rings. The molecule has 0 bridgehead atoms. The number of hydrogen-bond acceptors (Lipinski definition) is 5. The van der Waals surface area contributed by atoms with Gasteiger partial charge >= 0.3 is 0 Å². The van der Waals surface area contributed by atoms with Crippen LogP contribution >= 0.6 is 11.6 Å². The molecule has 1 aromatic carbocycles. The molecule has 1 saturated heterocycles. The third-order valence-electron chi connectivity index (χ3n) is 6.48. The Balaban J connectivity index is 1.42. The highest BCUT2D eigenvalue weighted by atomic mass is 35.5. The molecule has 2 aliphatic rings. The molecule has 1 saturated carbocycles. The van der Waals surface area contributed by atoms with Crippen molar-refractivity contribution in [3.05, 3.63) is 71.4 Å². The van der Waals surface area contributed by atoms with Crippen molar-refractivity contribution < 1.29 is 9.18 Å². The van der Waals surface area contributed by atoms with E-state index in [0.717, 1.165) is 12.8 Å². The molecule has 1 aliphatic heterocycles. The minimum Gasteiger partial charge on any atom is -0.368 e. The normalized spacial score (nSPS) is 19.1. The van der Waals surface area contributed by atoms with Gasteiger partial charge in [0.1, 0.15) is 11.6 Å². The Bertz CT molecular complexity index is 1120. The van der Waals surface area contributed by atoms with Crippen LogP contribution in [0.2, 0.25) is 5.02 Å². The zero-order chi connectivity index (χ0) is 22.1. The SMILES string of the molecule is O=C(c1cc(F)ccc1-c1ncccn1)N1CCC2(CC2)CC1CNc1ccc(Cl)cn1. The third kappa shape index (κ3) is 4.30. The second kappa shape index (κ2) is 8.47. The highest BCUT2D eigenvalue weighted by Crippen LogP contribution is 2.55. The lowest BCUT2D eigenvalue weighted by Gasteiger charge is -2.40. The van der Waals surface area contributed by atoms with Crippen LogP contribution in [0.15, 0.2) is 55.0 Å². The van der Waals surface area contributed by atoms with Crippen LogP contribution < -0.4 is 5.32 Å². The van der Waals surface area contributed by atoms with Crippen LogP contribution in [-0.2, 0) is 0 Å². The lowest BCUT2D eigenvalue weighted by molar-refractivity contribution is 0.0546. The number of carbonyl (C=O) groups excluding carboxylic acids is 1. The van der Waals surface area contributed by atoms with Gasteiger partial charge in [-0.1, -0.05) is 11.6 Å². The first-order valence-electron chi connectivity index (χ1n) is 10.8. The first-order valence-corrected chi connectivity index (χ1v) is 11.1. The number of halogens is 2. The van der Waals surface area contributed by atoms with Crippen LogP contribution in [0.1, 0.15) is 36.0 Å². The maximum absolute atomic E-state index is 14.2. The summed E-state index contributed by atoms with van der Waals surface area (Å²) in [6.07, 6.45) is 9.12. The van der Waals surface area contributed by atoms with E-state index in [4.69, 9.17) is 11.6 Å². The summed E-state index contributed by atoms with van der Waals surface area (Å²) in [6.45, 7) is 1.21. The number of nitrogens with zero attached hydrogens (tertiary/aromatic N) is 4. The Morgan fingerprint density at radius 1 is 1.16 bits per heavy atom. The highest BCUT2D eigenvalue weighted by Gasteiger charge is 2.49. The molecule has 8 heteroatoms. The van der Waals surface area contributed by atoms with Crippen molar-refractivity contribution in [3.63, 3.8) is 0 Å². The number of nitrogens with one attached hydrogen (secondary N) is 1. The van der Waals surface area contributed by atoms with Crippen molar-refractivity contribution in [2.24, 2.45) is 5.41 Å². The van der Waals surface area contributed by atoms with Crippen LogP contribution in [0.3, 0.4) is 0 Å². The molecule has 1 amide bonds. The van der Waals surface area contributed by atoms with Gasteiger partial charge in [-0.15, -0.1) is 0 Å². The maximum atomic E-state index is 14.2. The van der Waals surface area contributed by atoms with Gasteiger partial charge in [-0.3, -0.25) is 4.79 Å². The summed E-state index contributed by atoms with van der Waals surface area (Å²) >= 11 is 5.93. The lowest BCUT2D eigenvalue weighted by Crippen LogP contribution is -2.50. The van der Waals surface area contributed by atoms with Gasteiger partial charge in [0.25, 0.3) is 5.91 Å². The van der Waals surface area contributed by atoms with Gasteiger partial charge < -0.3 is 10.2 Å². The van der Waals surface area contributed by atoms with Crippen LogP contribution in [0, 0.1) is 11.2 Å². The second-order valence-corrected chi connectivity index (χ2v) is 9.05. The van der Waals surface area contributed by atoms with Crippen LogP contribution in [-0.4, -0.2) is 44.9 Å². The molecule has 1 unspecified atom stereocenters. The van der Waals surface area contributed by atoms with E-state index in [1.165, 1.54) is 25.0 Å². The Labute approximate surface area is 190 Å². The van der Waals surface area contributed by atoms with E-state index in [2.05, 4.69) is 20.3 Å². The quantitative estimate of drug-likeness (QED) is 0.601. The minimum atomic E-state index is -0.455. The number of rotatable bonds is 5. The van der Waals surface area contributed by atoms with Gasteiger partial charge in [0.15, 0.2) is 5.82 Å². The van der Waals surface area contributed by atoms with Gasteiger partial charge in [-0.05, 0) is 67.5 Å². The largest absolute Gasteiger partial charge is 0.368 e. The maximum Gasteiger partial charge on any atom is 0.255 e. The molecule has 1 spiro atoms. The molecule has 5 rings (SSSR count). The zero-order valence-corrected chi connectivity index (χ0v) is 18.2. The molecule has 1 N–H and O–H groups in total. The minimum absolute atomic E-state index is 0.0240. The Morgan fingerprint density at radius 2 is 1.97 bits per heavy atom. The molecule has 0 radical (unpaired) electrons. The van der Waals surface area contributed by atoms with E-state index in [9.17, 15) is 9.18 Å². The fraction of sp³-hybridized carbons (Fsp3) is 0.333. The lowest BCUT2D eigenvalue weighted by atomic mass is 9.87. The molecular weight excluding hydrogens is 429 g/mol. The zero-order valence-electron chi connectivity index (χ0n) is 17.5. The standard InChI is InChI=1S/C24H23ClFN5O/c25-16-2-5-21(29-14-16)30-15-18-13-24(6-7-24)8-11-31(18)23(32)20-12-17(26)3-4-19(20)22-27-9-1-10-28-22/h1-5,9-10,12,14,18H,6-8,11,13,15H2,(H,29,30). The van der Waals surface area contributed by atoms with E-state index in [0.29, 0.717) is 40.7 Å². The smallest absolute Gasteiger partial charge is 0.255 e. The highest BCUT2D eigenvalue weighted by molar-refractivity contribution is 6.30. The molecule has 3 heterocycles. The summed E-state index contributed by atoms with van der Waals surface area (Å²) in [4.78, 5) is 28.4. The summed E-state index contributed by atoms with van der Waals surface area (Å²) in [6, 6.07) is 9.49. The predicted octanol–water partition coefficient (Wildman–Crippen LogP) is 4.83. The number of carbonyl (C=O) groups is 1. The van der Waals surface area contributed by atoms with E-state index < -0.39 is 5.82 Å². The third-order valence-corrected chi connectivity index (χ3v) is 6.70. The van der Waals surface area contributed by atoms with Crippen molar-refractivity contribution in [1.82, 2.24) is 19.9 Å². The van der Waals surface area contributed by atoms with E-state index in [1.807, 2.05) is 11.0 Å². The predicted molar refractivity (Wildman–Crippen MR) is 121 cm³/mol. The molecule has 164 valence electrons. The van der Waals surface area contributed by atoms with E-state index >= 15 is 0 Å². The number of hydrogen-bond donors (Lipinski definition) is 1. The van der Waals surface area contributed by atoms with Crippen molar-refractivity contribution in [2.45, 2.75) is 31.7 Å². The number of anilines is 1. The number of benzene rings is 1.